The molecule has 0 aromatic heterocycles. The Labute approximate surface area is 127 Å². The largest absolute Gasteiger partial charge is 0.384 e. The van der Waals surface area contributed by atoms with Crippen LogP contribution in [0.1, 0.15) is 44.4 Å². The smallest absolute Gasteiger partial charge is 0.212 e. The van der Waals surface area contributed by atoms with E-state index in [-0.39, 0.29) is 18.4 Å². The van der Waals surface area contributed by atoms with Crippen LogP contribution in [0.5, 0.6) is 0 Å². The minimum atomic E-state index is -3.28. The third-order valence-electron chi connectivity index (χ3n) is 3.02. The van der Waals surface area contributed by atoms with Crippen LogP contribution in [0.15, 0.2) is 24.3 Å². The highest BCUT2D eigenvalue weighted by Gasteiger charge is 2.16. The minimum Gasteiger partial charge on any atom is -0.384 e. The number of nitrogens with one attached hydrogen (secondary N) is 1. The normalized spacial score (nSPS) is 12.8. The molecule has 0 aliphatic carbocycles. The molecule has 4 nitrogen and oxygen atoms in total. The van der Waals surface area contributed by atoms with Crippen LogP contribution >= 0.6 is 0 Å². The molecule has 21 heavy (non-hydrogen) atoms. The maximum absolute atomic E-state index is 12.0. The monoisotopic (exact) mass is 309 g/mol. The number of aliphatic hydroxyl groups excluding tert-OH is 1. The molecule has 0 bridgehead atoms. The summed E-state index contributed by atoms with van der Waals surface area (Å²) in [5.41, 5.74) is 1.61. The fourth-order valence-electron chi connectivity index (χ4n) is 1.81. The fraction of sp³-hybridized carbons (Fsp3) is 0.500. The second-order valence-corrected chi connectivity index (χ2v) is 7.30. The first kappa shape index (κ1) is 17.7. The lowest BCUT2D eigenvalue weighted by molar-refractivity contribution is 0.350. The number of sulfonamides is 1. The number of rotatable bonds is 6. The summed E-state index contributed by atoms with van der Waals surface area (Å²) < 4.78 is 26.7. The highest BCUT2D eigenvalue weighted by atomic mass is 32.2. The molecule has 116 valence electrons. The van der Waals surface area contributed by atoms with Crippen molar-refractivity contribution in [1.29, 1.82) is 0 Å². The summed E-state index contributed by atoms with van der Waals surface area (Å²) in [4.78, 5) is 0. The van der Waals surface area contributed by atoms with Crippen LogP contribution in [0.4, 0.5) is 0 Å². The van der Waals surface area contributed by atoms with E-state index in [4.69, 9.17) is 5.11 Å². The second-order valence-electron chi connectivity index (χ2n) is 5.43. The Bertz CT molecular complexity index is 612. The lowest BCUT2D eigenvalue weighted by Crippen LogP contribution is -2.29. The highest BCUT2D eigenvalue weighted by molar-refractivity contribution is 7.89. The molecule has 0 aliphatic rings. The molecule has 0 radical (unpaired) electrons. The summed E-state index contributed by atoms with van der Waals surface area (Å²) in [5.74, 6) is 5.89. The Morgan fingerprint density at radius 1 is 1.29 bits per heavy atom. The van der Waals surface area contributed by atoms with Gasteiger partial charge in [-0.15, -0.1) is 0 Å². The Morgan fingerprint density at radius 2 is 2.00 bits per heavy atom. The van der Waals surface area contributed by atoms with E-state index in [9.17, 15) is 8.42 Å². The van der Waals surface area contributed by atoms with Crippen LogP contribution < -0.4 is 4.72 Å². The van der Waals surface area contributed by atoms with Crippen molar-refractivity contribution in [3.05, 3.63) is 35.4 Å². The average Bonchev–Trinajstić information content (AvgIpc) is 2.43. The predicted molar refractivity (Wildman–Crippen MR) is 85.2 cm³/mol. The second kappa shape index (κ2) is 8.18. The lowest BCUT2D eigenvalue weighted by Gasteiger charge is -2.15. The third-order valence-corrected chi connectivity index (χ3v) is 4.50. The Hall–Kier alpha value is -1.35. The van der Waals surface area contributed by atoms with Gasteiger partial charge in [-0.3, -0.25) is 0 Å². The van der Waals surface area contributed by atoms with Gasteiger partial charge in [0.1, 0.15) is 6.61 Å². The van der Waals surface area contributed by atoms with Crippen molar-refractivity contribution in [3.8, 4) is 11.8 Å². The zero-order valence-corrected chi connectivity index (χ0v) is 13.6. The molecule has 2 N–H and O–H groups in total. The molecule has 0 heterocycles. The van der Waals surface area contributed by atoms with Gasteiger partial charge in [-0.05, 0) is 37.0 Å². The van der Waals surface area contributed by atoms with Crippen molar-refractivity contribution >= 4 is 10.0 Å². The van der Waals surface area contributed by atoms with Gasteiger partial charge in [-0.1, -0.05) is 37.8 Å². The first-order valence-electron chi connectivity index (χ1n) is 7.03. The van der Waals surface area contributed by atoms with Gasteiger partial charge in [0.15, 0.2) is 0 Å². The van der Waals surface area contributed by atoms with Crippen LogP contribution in [-0.4, -0.2) is 25.9 Å². The van der Waals surface area contributed by atoms with Crippen LogP contribution in [0, 0.1) is 17.8 Å². The van der Waals surface area contributed by atoms with Crippen molar-refractivity contribution < 1.29 is 13.5 Å². The van der Waals surface area contributed by atoms with Gasteiger partial charge in [0, 0.05) is 11.6 Å². The molecule has 5 heteroatoms. The van der Waals surface area contributed by atoms with Crippen LogP contribution in [-0.2, 0) is 10.0 Å². The summed E-state index contributed by atoms with van der Waals surface area (Å²) in [6.07, 6.45) is 0.643. The first-order valence-corrected chi connectivity index (χ1v) is 8.69. The van der Waals surface area contributed by atoms with Crippen molar-refractivity contribution in [1.82, 2.24) is 4.72 Å². The van der Waals surface area contributed by atoms with Gasteiger partial charge < -0.3 is 5.11 Å². The van der Waals surface area contributed by atoms with E-state index in [1.54, 1.807) is 0 Å². The van der Waals surface area contributed by atoms with Gasteiger partial charge in [-0.2, -0.15) is 0 Å². The van der Waals surface area contributed by atoms with Crippen LogP contribution in [0.25, 0.3) is 0 Å². The Morgan fingerprint density at radius 3 is 2.62 bits per heavy atom. The van der Waals surface area contributed by atoms with Crippen LogP contribution in [0.3, 0.4) is 0 Å². The summed E-state index contributed by atoms with van der Waals surface area (Å²) in [6.45, 7) is 5.62. The fourth-order valence-corrected chi connectivity index (χ4v) is 3.39. The minimum absolute atomic E-state index is 0.138. The zero-order chi connectivity index (χ0) is 15.9. The van der Waals surface area contributed by atoms with Crippen LogP contribution in [0.2, 0.25) is 0 Å². The van der Waals surface area contributed by atoms with E-state index in [0.29, 0.717) is 12.3 Å². The van der Waals surface area contributed by atoms with E-state index in [0.717, 1.165) is 11.1 Å². The molecular weight excluding hydrogens is 286 g/mol. The lowest BCUT2D eigenvalue weighted by atomic mass is 10.1. The molecule has 0 saturated carbocycles. The molecule has 0 saturated heterocycles. The number of hydrogen-bond acceptors (Lipinski definition) is 3. The Kier molecular flexibility index (Phi) is 6.90. The van der Waals surface area contributed by atoms with E-state index in [2.05, 4.69) is 16.6 Å². The van der Waals surface area contributed by atoms with Crippen molar-refractivity contribution in [2.24, 2.45) is 5.92 Å². The molecule has 1 atom stereocenters. The molecule has 0 spiro atoms. The Balaban J connectivity index is 2.77. The molecule has 0 amide bonds. The molecule has 1 aromatic rings. The van der Waals surface area contributed by atoms with E-state index in [1.807, 2.05) is 45.0 Å². The summed E-state index contributed by atoms with van der Waals surface area (Å²) in [5, 5.41) is 8.70. The van der Waals surface area contributed by atoms with E-state index >= 15 is 0 Å². The summed E-state index contributed by atoms with van der Waals surface area (Å²) >= 11 is 0. The van der Waals surface area contributed by atoms with Crippen molar-refractivity contribution in [3.63, 3.8) is 0 Å². The van der Waals surface area contributed by atoms with Crippen molar-refractivity contribution in [2.75, 3.05) is 12.4 Å². The number of aliphatic hydroxyl groups is 1. The molecular formula is C16H23NO3S. The molecule has 1 unspecified atom stereocenters. The molecule has 0 fully saturated rings. The maximum Gasteiger partial charge on any atom is 0.212 e. The van der Waals surface area contributed by atoms with E-state index < -0.39 is 10.0 Å². The summed E-state index contributed by atoms with van der Waals surface area (Å²) in [7, 11) is -3.28. The van der Waals surface area contributed by atoms with Gasteiger partial charge >= 0.3 is 0 Å². The van der Waals surface area contributed by atoms with E-state index in [1.165, 1.54) is 0 Å². The average molecular weight is 309 g/mol. The number of benzene rings is 1. The van der Waals surface area contributed by atoms with Gasteiger partial charge in [-0.25, -0.2) is 13.1 Å². The maximum atomic E-state index is 12.0. The molecule has 1 rings (SSSR count). The topological polar surface area (TPSA) is 66.4 Å². The molecule has 1 aromatic carbocycles. The van der Waals surface area contributed by atoms with Crippen molar-refractivity contribution in [2.45, 2.75) is 33.2 Å². The SMILES string of the molecule is CC(C)CCS(=O)(=O)NC(C)c1cccc(C#CCO)c1. The number of hydrogen-bond donors (Lipinski definition) is 2. The molecule has 0 aliphatic heterocycles. The predicted octanol–water partition coefficient (Wildman–Crippen LogP) is 2.06. The van der Waals surface area contributed by atoms with Gasteiger partial charge in [0.25, 0.3) is 0 Å². The summed E-state index contributed by atoms with van der Waals surface area (Å²) in [6, 6.07) is 7.04. The standard InChI is InChI=1S/C16H23NO3S/c1-13(2)9-11-21(19,20)17-14(3)16-8-4-6-15(12-16)7-5-10-18/h4,6,8,12-14,17-18H,9-11H2,1-3H3. The van der Waals surface area contributed by atoms with Gasteiger partial charge in [0.05, 0.1) is 5.75 Å². The van der Waals surface area contributed by atoms with Gasteiger partial charge in [0.2, 0.25) is 10.0 Å². The first-order chi connectivity index (χ1) is 9.84. The quantitative estimate of drug-likeness (QED) is 0.791. The zero-order valence-electron chi connectivity index (χ0n) is 12.8. The highest BCUT2D eigenvalue weighted by Crippen LogP contribution is 2.15. The third kappa shape index (κ3) is 6.76.